The third-order valence-corrected chi connectivity index (χ3v) is 4.73. The number of hydrogen-bond donors (Lipinski definition) is 0. The number of likely N-dealkylation sites (tertiary alicyclic amines) is 1. The van der Waals surface area contributed by atoms with Crippen molar-refractivity contribution >= 4 is 11.6 Å². The highest BCUT2D eigenvalue weighted by Crippen LogP contribution is 2.36. The Hall–Kier alpha value is -2.83. The van der Waals surface area contributed by atoms with Crippen LogP contribution in [0.15, 0.2) is 41.3 Å². The molecule has 2 heterocycles. The first kappa shape index (κ1) is 18.0. The number of carbonyl (C=O) groups is 1. The Morgan fingerprint density at radius 2 is 2.12 bits per heavy atom. The SMILES string of the molecule is COc1ccccc1C1CCCN1C(=O)Cn1ncc(N(C)C)cc1=O. The number of amides is 1. The number of aromatic nitrogens is 2. The Bertz CT molecular complexity index is 847. The van der Waals surface area contributed by atoms with E-state index in [0.29, 0.717) is 12.2 Å². The predicted octanol–water partition coefficient (Wildman–Crippen LogP) is 1.68. The number of hydrogen-bond acceptors (Lipinski definition) is 5. The van der Waals surface area contributed by atoms with Gasteiger partial charge >= 0.3 is 0 Å². The summed E-state index contributed by atoms with van der Waals surface area (Å²) < 4.78 is 6.66. The third kappa shape index (κ3) is 3.56. The Kier molecular flexibility index (Phi) is 5.25. The fraction of sp³-hybridized carbons (Fsp3) is 0.421. The molecule has 1 atom stereocenters. The zero-order chi connectivity index (χ0) is 18.7. The number of ether oxygens (including phenoxy) is 1. The standard InChI is InChI=1S/C19H24N4O3/c1-21(2)14-11-18(24)23(20-12-14)13-19(25)22-10-6-8-16(22)15-7-4-5-9-17(15)26-3/h4-5,7,9,11-12,16H,6,8,10,13H2,1-3H3. The topological polar surface area (TPSA) is 67.7 Å². The van der Waals surface area contributed by atoms with Crippen molar-refractivity contribution in [3.8, 4) is 5.75 Å². The van der Waals surface area contributed by atoms with Crippen molar-refractivity contribution in [3.63, 3.8) is 0 Å². The molecule has 138 valence electrons. The second-order valence-corrected chi connectivity index (χ2v) is 6.59. The fourth-order valence-electron chi connectivity index (χ4n) is 3.34. The molecule has 1 aliphatic heterocycles. The fourth-order valence-corrected chi connectivity index (χ4v) is 3.34. The Labute approximate surface area is 152 Å². The second kappa shape index (κ2) is 7.59. The van der Waals surface area contributed by atoms with Gasteiger partial charge in [-0.3, -0.25) is 9.59 Å². The molecule has 1 aromatic heterocycles. The lowest BCUT2D eigenvalue weighted by Gasteiger charge is -2.26. The van der Waals surface area contributed by atoms with Gasteiger partial charge in [0.25, 0.3) is 5.56 Å². The van der Waals surface area contributed by atoms with Crippen LogP contribution in [0.5, 0.6) is 5.75 Å². The molecule has 26 heavy (non-hydrogen) atoms. The number of para-hydroxylation sites is 1. The highest BCUT2D eigenvalue weighted by molar-refractivity contribution is 5.77. The number of nitrogens with zero attached hydrogens (tertiary/aromatic N) is 4. The highest BCUT2D eigenvalue weighted by atomic mass is 16.5. The van der Waals surface area contributed by atoms with Crippen LogP contribution < -0.4 is 15.2 Å². The molecule has 0 saturated carbocycles. The Balaban J connectivity index is 1.80. The Morgan fingerprint density at radius 3 is 2.81 bits per heavy atom. The average Bonchev–Trinajstić information content (AvgIpc) is 3.12. The summed E-state index contributed by atoms with van der Waals surface area (Å²) in [5.74, 6) is 0.674. The molecule has 1 amide bonds. The zero-order valence-corrected chi connectivity index (χ0v) is 15.4. The van der Waals surface area contributed by atoms with E-state index in [0.717, 1.165) is 24.2 Å². The van der Waals surface area contributed by atoms with Gasteiger partial charge in [-0.25, -0.2) is 4.68 Å². The first-order valence-corrected chi connectivity index (χ1v) is 8.68. The molecular formula is C19H24N4O3. The number of methoxy groups -OCH3 is 1. The number of rotatable bonds is 5. The summed E-state index contributed by atoms with van der Waals surface area (Å²) in [6.45, 7) is 0.615. The summed E-state index contributed by atoms with van der Waals surface area (Å²) in [5.41, 5.74) is 1.44. The molecule has 2 aromatic rings. The second-order valence-electron chi connectivity index (χ2n) is 6.59. The van der Waals surface area contributed by atoms with Gasteiger partial charge in [-0.2, -0.15) is 5.10 Å². The van der Waals surface area contributed by atoms with Crippen LogP contribution in [-0.2, 0) is 11.3 Å². The summed E-state index contributed by atoms with van der Waals surface area (Å²) in [7, 11) is 5.32. The Morgan fingerprint density at radius 1 is 1.35 bits per heavy atom. The van der Waals surface area contributed by atoms with Crippen molar-refractivity contribution in [2.45, 2.75) is 25.4 Å². The van der Waals surface area contributed by atoms with Gasteiger partial charge in [0.15, 0.2) is 0 Å². The summed E-state index contributed by atoms with van der Waals surface area (Å²) >= 11 is 0. The first-order chi connectivity index (χ1) is 12.5. The molecular weight excluding hydrogens is 332 g/mol. The average molecular weight is 356 g/mol. The van der Waals surface area contributed by atoms with Gasteiger partial charge in [0.1, 0.15) is 12.3 Å². The van der Waals surface area contributed by atoms with Gasteiger partial charge in [0.2, 0.25) is 5.91 Å². The molecule has 7 nitrogen and oxygen atoms in total. The van der Waals surface area contributed by atoms with Gasteiger partial charge in [-0.05, 0) is 18.9 Å². The minimum absolute atomic E-state index is 0.0320. The van der Waals surface area contributed by atoms with Crippen molar-refractivity contribution < 1.29 is 9.53 Å². The summed E-state index contributed by atoms with van der Waals surface area (Å²) in [4.78, 5) is 28.7. The van der Waals surface area contributed by atoms with Crippen molar-refractivity contribution in [2.75, 3.05) is 32.6 Å². The highest BCUT2D eigenvalue weighted by Gasteiger charge is 2.31. The lowest BCUT2D eigenvalue weighted by atomic mass is 10.0. The molecule has 1 saturated heterocycles. The van der Waals surface area contributed by atoms with Crippen LogP contribution >= 0.6 is 0 Å². The predicted molar refractivity (Wildman–Crippen MR) is 99.5 cm³/mol. The van der Waals surface area contributed by atoms with Crippen molar-refractivity contribution in [1.29, 1.82) is 0 Å². The monoisotopic (exact) mass is 356 g/mol. The van der Waals surface area contributed by atoms with Gasteiger partial charge in [-0.15, -0.1) is 0 Å². The molecule has 1 aromatic carbocycles. The first-order valence-electron chi connectivity index (χ1n) is 8.68. The molecule has 1 unspecified atom stereocenters. The smallest absolute Gasteiger partial charge is 0.269 e. The molecule has 0 radical (unpaired) electrons. The largest absolute Gasteiger partial charge is 0.496 e. The molecule has 3 rings (SSSR count). The van der Waals surface area contributed by atoms with E-state index in [1.165, 1.54) is 10.7 Å². The quantitative estimate of drug-likeness (QED) is 0.815. The lowest BCUT2D eigenvalue weighted by Crippen LogP contribution is -2.37. The number of carbonyl (C=O) groups excluding carboxylic acids is 1. The van der Waals surface area contributed by atoms with Crippen LogP contribution in [-0.4, -0.2) is 48.3 Å². The van der Waals surface area contributed by atoms with Crippen LogP contribution in [0.2, 0.25) is 0 Å². The molecule has 1 aliphatic rings. The molecule has 0 bridgehead atoms. The van der Waals surface area contributed by atoms with E-state index < -0.39 is 0 Å². The van der Waals surface area contributed by atoms with Crippen molar-refractivity contribution in [2.24, 2.45) is 0 Å². The van der Waals surface area contributed by atoms with Gasteiger partial charge in [-0.1, -0.05) is 18.2 Å². The minimum atomic E-state index is -0.280. The lowest BCUT2D eigenvalue weighted by molar-refractivity contribution is -0.133. The third-order valence-electron chi connectivity index (χ3n) is 4.73. The minimum Gasteiger partial charge on any atom is -0.496 e. The van der Waals surface area contributed by atoms with E-state index in [-0.39, 0.29) is 24.1 Å². The van der Waals surface area contributed by atoms with E-state index >= 15 is 0 Å². The van der Waals surface area contributed by atoms with E-state index in [4.69, 9.17) is 4.74 Å². The van der Waals surface area contributed by atoms with E-state index in [1.54, 1.807) is 18.2 Å². The van der Waals surface area contributed by atoms with E-state index in [9.17, 15) is 9.59 Å². The summed E-state index contributed by atoms with van der Waals surface area (Å²) in [6.07, 6.45) is 3.40. The molecule has 0 aliphatic carbocycles. The van der Waals surface area contributed by atoms with E-state index in [1.807, 2.05) is 43.3 Å². The van der Waals surface area contributed by atoms with Crippen LogP contribution in [0.4, 0.5) is 5.69 Å². The van der Waals surface area contributed by atoms with Gasteiger partial charge in [0, 0.05) is 32.3 Å². The maximum Gasteiger partial charge on any atom is 0.269 e. The molecule has 7 heteroatoms. The number of anilines is 1. The van der Waals surface area contributed by atoms with Crippen LogP contribution in [0, 0.1) is 0 Å². The summed E-state index contributed by atoms with van der Waals surface area (Å²) in [5, 5.41) is 4.13. The number of benzene rings is 1. The van der Waals surface area contributed by atoms with E-state index in [2.05, 4.69) is 5.10 Å². The summed E-state index contributed by atoms with van der Waals surface area (Å²) in [6, 6.07) is 9.22. The normalized spacial score (nSPS) is 16.6. The maximum atomic E-state index is 12.8. The van der Waals surface area contributed by atoms with Crippen molar-refractivity contribution in [1.82, 2.24) is 14.7 Å². The van der Waals surface area contributed by atoms with Crippen LogP contribution in [0.1, 0.15) is 24.4 Å². The van der Waals surface area contributed by atoms with Gasteiger partial charge in [0.05, 0.1) is 25.0 Å². The molecule has 1 fully saturated rings. The van der Waals surface area contributed by atoms with Crippen molar-refractivity contribution in [3.05, 3.63) is 52.4 Å². The van der Waals surface area contributed by atoms with Crippen LogP contribution in [0.3, 0.4) is 0 Å². The molecule has 0 N–H and O–H groups in total. The molecule has 0 spiro atoms. The van der Waals surface area contributed by atoms with Gasteiger partial charge < -0.3 is 14.5 Å². The maximum absolute atomic E-state index is 12.8. The van der Waals surface area contributed by atoms with Crippen LogP contribution in [0.25, 0.3) is 0 Å². The zero-order valence-electron chi connectivity index (χ0n) is 15.4.